The van der Waals surface area contributed by atoms with Crippen LogP contribution in [0.15, 0.2) is 39.9 Å². The lowest BCUT2D eigenvalue weighted by Crippen LogP contribution is -2.39. The van der Waals surface area contributed by atoms with Crippen molar-refractivity contribution in [1.82, 2.24) is 9.62 Å². The molecule has 0 bridgehead atoms. The van der Waals surface area contributed by atoms with E-state index < -0.39 is 0 Å². The highest BCUT2D eigenvalue weighted by Crippen LogP contribution is 2.36. The van der Waals surface area contributed by atoms with E-state index in [-0.39, 0.29) is 17.7 Å². The van der Waals surface area contributed by atoms with E-state index in [0.29, 0.717) is 12.8 Å². The van der Waals surface area contributed by atoms with Crippen LogP contribution in [0.1, 0.15) is 35.4 Å². The zero-order chi connectivity index (χ0) is 15.8. The molecule has 0 aliphatic carbocycles. The van der Waals surface area contributed by atoms with Gasteiger partial charge in [0, 0.05) is 19.5 Å². The minimum Gasteiger partial charge on any atom is -0.296 e. The van der Waals surface area contributed by atoms with Gasteiger partial charge in [0.1, 0.15) is 0 Å². The van der Waals surface area contributed by atoms with Crippen molar-refractivity contribution in [2.45, 2.75) is 36.1 Å². The summed E-state index contributed by atoms with van der Waals surface area (Å²) in [7, 11) is 0. The van der Waals surface area contributed by atoms with Crippen LogP contribution < -0.4 is 5.32 Å². The summed E-state index contributed by atoms with van der Waals surface area (Å²) >= 11 is 3.54. The van der Waals surface area contributed by atoms with Crippen molar-refractivity contribution in [3.63, 3.8) is 0 Å². The van der Waals surface area contributed by atoms with Gasteiger partial charge < -0.3 is 0 Å². The maximum atomic E-state index is 12.0. The summed E-state index contributed by atoms with van der Waals surface area (Å²) in [5, 5.41) is 4.53. The fourth-order valence-corrected chi connectivity index (χ4v) is 5.02. The van der Waals surface area contributed by atoms with E-state index in [1.807, 2.05) is 6.07 Å². The highest BCUT2D eigenvalue weighted by Gasteiger charge is 2.29. The third-order valence-corrected chi connectivity index (χ3v) is 6.29. The summed E-state index contributed by atoms with van der Waals surface area (Å²) in [6.07, 6.45) is 1.03. The second-order valence-corrected chi connectivity index (χ2v) is 8.20. The van der Waals surface area contributed by atoms with Gasteiger partial charge in [-0.1, -0.05) is 24.3 Å². The first-order valence-corrected chi connectivity index (χ1v) is 9.26. The van der Waals surface area contributed by atoms with Crippen molar-refractivity contribution >= 4 is 35.1 Å². The molecule has 118 valence electrons. The number of nitrogens with zero attached hydrogens (tertiary/aromatic N) is 1. The molecule has 6 heteroatoms. The van der Waals surface area contributed by atoms with Crippen molar-refractivity contribution in [2.75, 3.05) is 0 Å². The van der Waals surface area contributed by atoms with Crippen LogP contribution >= 0.6 is 23.3 Å². The highest BCUT2D eigenvalue weighted by atomic mass is 32.2. The first-order valence-electron chi connectivity index (χ1n) is 7.61. The van der Waals surface area contributed by atoms with Gasteiger partial charge in [-0.05, 0) is 46.5 Å². The van der Waals surface area contributed by atoms with Gasteiger partial charge in [0.2, 0.25) is 11.8 Å². The Morgan fingerprint density at radius 1 is 1.17 bits per heavy atom. The molecule has 0 saturated carbocycles. The third kappa shape index (κ3) is 3.06. The minimum absolute atomic E-state index is 0.161. The van der Waals surface area contributed by atoms with Gasteiger partial charge in [0.05, 0.1) is 10.1 Å². The Balaban J connectivity index is 1.50. The molecule has 1 aromatic carbocycles. The molecule has 1 atom stereocenters. The van der Waals surface area contributed by atoms with E-state index in [9.17, 15) is 9.59 Å². The van der Waals surface area contributed by atoms with Crippen LogP contribution in [-0.4, -0.2) is 16.1 Å². The van der Waals surface area contributed by atoms with Gasteiger partial charge in [0.25, 0.3) is 0 Å². The second kappa shape index (κ2) is 6.11. The van der Waals surface area contributed by atoms with Crippen LogP contribution in [0, 0.1) is 0 Å². The molecule has 2 amide bonds. The van der Waals surface area contributed by atoms with Crippen molar-refractivity contribution in [2.24, 2.45) is 0 Å². The summed E-state index contributed by atoms with van der Waals surface area (Å²) in [5.74, 6) is -0.521. The Morgan fingerprint density at radius 3 is 2.83 bits per heavy atom. The maximum absolute atomic E-state index is 12.0. The monoisotopic (exact) mass is 344 g/mol. The molecule has 1 N–H and O–H groups in total. The number of nitrogens with one attached hydrogen (secondary N) is 1. The van der Waals surface area contributed by atoms with Crippen LogP contribution in [0.5, 0.6) is 0 Å². The molecule has 2 aliphatic rings. The fraction of sp³-hybridized carbons (Fsp3) is 0.294. The lowest BCUT2D eigenvalue weighted by atomic mass is 9.89. The number of piperidine rings is 1. The first-order chi connectivity index (χ1) is 11.2. The molecule has 1 unspecified atom stereocenters. The largest absolute Gasteiger partial charge is 0.296 e. The second-order valence-electron chi connectivity index (χ2n) is 5.85. The molecule has 4 rings (SSSR count). The van der Waals surface area contributed by atoms with Crippen LogP contribution in [0.3, 0.4) is 0 Å². The number of carbonyl (C=O) groups excluding carboxylic acids is 2. The van der Waals surface area contributed by atoms with Crippen LogP contribution in [0.25, 0.3) is 0 Å². The number of fused-ring (bicyclic) bond motifs is 1. The molecule has 2 aromatic rings. The molecular formula is C17H16N2O2S2. The topological polar surface area (TPSA) is 49.4 Å². The van der Waals surface area contributed by atoms with Crippen LogP contribution in [-0.2, 0) is 22.7 Å². The van der Waals surface area contributed by atoms with Gasteiger partial charge >= 0.3 is 0 Å². The standard InChI is InChI=1S/C17H16N2O2S2/c20-15-6-5-14(17(21)18-15)11-3-4-12-9-19(10-13(12)8-11)23-16-2-1-7-22-16/h1-4,7-8,14H,5-6,9-10H2,(H,18,20,21). The minimum atomic E-state index is -0.197. The van der Waals surface area contributed by atoms with Gasteiger partial charge in [-0.25, -0.2) is 4.31 Å². The Kier molecular flexibility index (Phi) is 3.97. The smallest absolute Gasteiger partial charge is 0.234 e. The molecule has 23 heavy (non-hydrogen) atoms. The van der Waals surface area contributed by atoms with E-state index in [0.717, 1.165) is 18.7 Å². The average Bonchev–Trinajstić information content (AvgIpc) is 3.15. The number of amides is 2. The summed E-state index contributed by atoms with van der Waals surface area (Å²) < 4.78 is 3.63. The van der Waals surface area contributed by atoms with E-state index in [1.165, 1.54) is 15.3 Å². The highest BCUT2D eigenvalue weighted by molar-refractivity contribution is 7.98. The maximum Gasteiger partial charge on any atom is 0.234 e. The Labute approximate surface area is 143 Å². The summed E-state index contributed by atoms with van der Waals surface area (Å²) in [6, 6.07) is 10.5. The molecule has 1 fully saturated rings. The zero-order valence-electron chi connectivity index (χ0n) is 12.5. The molecular weight excluding hydrogens is 328 g/mol. The Morgan fingerprint density at radius 2 is 2.04 bits per heavy atom. The molecule has 0 radical (unpaired) electrons. The number of rotatable bonds is 3. The zero-order valence-corrected chi connectivity index (χ0v) is 14.1. The van der Waals surface area contributed by atoms with Crippen molar-refractivity contribution < 1.29 is 9.59 Å². The van der Waals surface area contributed by atoms with Gasteiger partial charge in [-0.15, -0.1) is 11.3 Å². The lowest BCUT2D eigenvalue weighted by molar-refractivity contribution is -0.134. The number of thiophene rings is 1. The summed E-state index contributed by atoms with van der Waals surface area (Å²) in [4.78, 5) is 23.3. The van der Waals surface area contributed by atoms with Crippen molar-refractivity contribution in [1.29, 1.82) is 0 Å². The molecule has 1 saturated heterocycles. The fourth-order valence-electron chi connectivity index (χ4n) is 3.12. The lowest BCUT2D eigenvalue weighted by Gasteiger charge is -2.21. The summed E-state index contributed by atoms with van der Waals surface area (Å²) in [5.41, 5.74) is 3.64. The molecule has 4 nitrogen and oxygen atoms in total. The average molecular weight is 344 g/mol. The van der Waals surface area contributed by atoms with Gasteiger partial charge in [-0.3, -0.25) is 14.9 Å². The van der Waals surface area contributed by atoms with E-state index in [4.69, 9.17) is 0 Å². The van der Waals surface area contributed by atoms with Crippen molar-refractivity contribution in [3.8, 4) is 0 Å². The van der Waals surface area contributed by atoms with Gasteiger partial charge in [-0.2, -0.15) is 0 Å². The van der Waals surface area contributed by atoms with Crippen LogP contribution in [0.4, 0.5) is 0 Å². The SMILES string of the molecule is O=C1CCC(c2ccc3c(c2)CN(Sc2cccs2)C3)C(=O)N1. The van der Waals surface area contributed by atoms with Crippen molar-refractivity contribution in [3.05, 3.63) is 52.4 Å². The number of hydrogen-bond donors (Lipinski definition) is 1. The Hall–Kier alpha value is -1.63. The number of carbonyl (C=O) groups is 2. The number of hydrogen-bond acceptors (Lipinski definition) is 5. The number of benzene rings is 1. The third-order valence-electron chi connectivity index (χ3n) is 4.28. The summed E-state index contributed by atoms with van der Waals surface area (Å²) in [6.45, 7) is 1.81. The first kappa shape index (κ1) is 14.9. The number of imide groups is 1. The predicted molar refractivity (Wildman–Crippen MR) is 91.0 cm³/mol. The Bertz CT molecular complexity index is 758. The van der Waals surface area contributed by atoms with Crippen LogP contribution in [0.2, 0.25) is 0 Å². The predicted octanol–water partition coefficient (Wildman–Crippen LogP) is 3.29. The quantitative estimate of drug-likeness (QED) is 0.686. The van der Waals surface area contributed by atoms with E-state index in [1.54, 1.807) is 23.3 Å². The normalized spacial score (nSPS) is 21.3. The molecule has 0 spiro atoms. The van der Waals surface area contributed by atoms with E-state index in [2.05, 4.69) is 39.3 Å². The molecule has 3 heterocycles. The molecule has 1 aromatic heterocycles. The van der Waals surface area contributed by atoms with E-state index >= 15 is 0 Å². The molecule has 2 aliphatic heterocycles. The van der Waals surface area contributed by atoms with Gasteiger partial charge in [0.15, 0.2) is 0 Å².